The molecule has 0 amide bonds. The lowest BCUT2D eigenvalue weighted by Crippen LogP contribution is -2.57. The van der Waals surface area contributed by atoms with Gasteiger partial charge in [-0.2, -0.15) is 0 Å². The normalized spacial score (nSPS) is 43.8. The molecule has 4 aliphatic rings. The number of hydrogen-bond donors (Lipinski definition) is 2. The van der Waals surface area contributed by atoms with Crippen LogP contribution in [0.3, 0.4) is 0 Å². The number of rotatable bonds is 6. The molecule has 5 rings (SSSR count). The molecule has 184 valence electrons. The van der Waals surface area contributed by atoms with Crippen molar-refractivity contribution < 1.29 is 9.84 Å². The van der Waals surface area contributed by atoms with E-state index in [9.17, 15) is 5.11 Å². The van der Waals surface area contributed by atoms with Gasteiger partial charge in [-0.3, -0.25) is 0 Å². The summed E-state index contributed by atoms with van der Waals surface area (Å²) in [4.78, 5) is 0. The lowest BCUT2D eigenvalue weighted by Gasteiger charge is -2.62. The number of fused-ring (bicyclic) bond motifs is 5. The fourth-order valence-electron chi connectivity index (χ4n) is 9.44. The maximum Gasteiger partial charge on any atom is 0.0882 e. The Balaban J connectivity index is 1.27. The van der Waals surface area contributed by atoms with Crippen molar-refractivity contribution in [3.05, 3.63) is 35.9 Å². The Bertz CT molecular complexity index is 783. The smallest absolute Gasteiger partial charge is 0.0882 e. The highest BCUT2D eigenvalue weighted by Gasteiger charge is 2.57. The van der Waals surface area contributed by atoms with Crippen LogP contribution < -0.4 is 5.32 Å². The highest BCUT2D eigenvalue weighted by atomic mass is 16.5. The Morgan fingerprint density at radius 3 is 2.58 bits per heavy atom. The maximum atomic E-state index is 11.0. The first-order chi connectivity index (χ1) is 15.9. The lowest BCUT2D eigenvalue weighted by molar-refractivity contribution is -0.143. The zero-order valence-corrected chi connectivity index (χ0v) is 21.3. The summed E-state index contributed by atoms with van der Waals surface area (Å²) in [5.74, 6) is 5.08. The van der Waals surface area contributed by atoms with E-state index in [0.29, 0.717) is 18.1 Å². The van der Waals surface area contributed by atoms with E-state index in [4.69, 9.17) is 4.74 Å². The molecule has 3 heteroatoms. The van der Waals surface area contributed by atoms with Gasteiger partial charge in [0.15, 0.2) is 0 Å². The number of aliphatic hydroxyl groups is 1. The third-order valence-electron chi connectivity index (χ3n) is 10.9. The summed E-state index contributed by atoms with van der Waals surface area (Å²) < 4.78 is 5.38. The van der Waals surface area contributed by atoms with Gasteiger partial charge >= 0.3 is 0 Å². The van der Waals surface area contributed by atoms with Crippen molar-refractivity contribution in [1.82, 2.24) is 5.32 Å². The first-order valence-corrected chi connectivity index (χ1v) is 13.9. The van der Waals surface area contributed by atoms with Crippen molar-refractivity contribution in [3.8, 4) is 0 Å². The van der Waals surface area contributed by atoms with E-state index in [1.165, 1.54) is 56.9 Å². The number of ether oxygens (including phenoxy) is 1. The van der Waals surface area contributed by atoms with Crippen LogP contribution >= 0.6 is 0 Å². The summed E-state index contributed by atoms with van der Waals surface area (Å²) in [7, 11) is 1.73. The van der Waals surface area contributed by atoms with Crippen molar-refractivity contribution in [2.24, 2.45) is 40.9 Å². The van der Waals surface area contributed by atoms with Gasteiger partial charge < -0.3 is 15.2 Å². The predicted octanol–water partition coefficient (Wildman–Crippen LogP) is 6.20. The fourth-order valence-corrected chi connectivity index (χ4v) is 9.44. The largest absolute Gasteiger partial charge is 0.387 e. The third-order valence-corrected chi connectivity index (χ3v) is 10.9. The van der Waals surface area contributed by atoms with Crippen LogP contribution in [0.4, 0.5) is 0 Å². The summed E-state index contributed by atoms with van der Waals surface area (Å²) in [6, 6.07) is 11.5. The second-order valence-electron chi connectivity index (χ2n) is 12.6. The minimum atomic E-state index is -0.568. The molecule has 4 fully saturated rings. The Morgan fingerprint density at radius 1 is 1.00 bits per heavy atom. The van der Waals surface area contributed by atoms with Crippen molar-refractivity contribution in [2.75, 3.05) is 13.7 Å². The summed E-state index contributed by atoms with van der Waals surface area (Å²) >= 11 is 0. The van der Waals surface area contributed by atoms with Gasteiger partial charge in [-0.1, -0.05) is 43.7 Å². The Morgan fingerprint density at radius 2 is 1.79 bits per heavy atom. The molecule has 1 aromatic carbocycles. The summed E-state index contributed by atoms with van der Waals surface area (Å²) in [6.07, 6.45) is 12.9. The minimum absolute atomic E-state index is 0.487. The molecule has 3 nitrogen and oxygen atoms in total. The van der Waals surface area contributed by atoms with Crippen molar-refractivity contribution in [1.29, 1.82) is 0 Å². The highest BCUT2D eigenvalue weighted by Crippen LogP contribution is 2.63. The molecule has 33 heavy (non-hydrogen) atoms. The molecule has 0 bridgehead atoms. The molecule has 9 atom stereocenters. The number of nitrogens with one attached hydrogen (secondary N) is 1. The predicted molar refractivity (Wildman–Crippen MR) is 135 cm³/mol. The summed E-state index contributed by atoms with van der Waals surface area (Å²) in [6.45, 7) is 6.63. The van der Waals surface area contributed by atoms with Gasteiger partial charge in [0.25, 0.3) is 0 Å². The van der Waals surface area contributed by atoms with Crippen LogP contribution in [-0.2, 0) is 11.3 Å². The van der Waals surface area contributed by atoms with Gasteiger partial charge in [0.2, 0.25) is 0 Å². The fraction of sp³-hybridized carbons (Fsp3) is 0.800. The van der Waals surface area contributed by atoms with E-state index in [0.717, 1.165) is 54.9 Å². The Kier molecular flexibility index (Phi) is 6.95. The summed E-state index contributed by atoms with van der Waals surface area (Å²) in [5.41, 5.74) is 1.32. The Hall–Kier alpha value is -0.900. The number of methoxy groups -OCH3 is 1. The van der Waals surface area contributed by atoms with E-state index in [2.05, 4.69) is 49.5 Å². The second kappa shape index (κ2) is 9.63. The standard InChI is InChI=1S/C30H47NO2/c1-21(31-19-22-8-5-4-6-9-22)27-10-7-11-28-26-13-12-23-18-30(32,20-33-3)17-15-24(23)25(26)14-16-29(27,28)2/h4-6,8-9,21,23-28,31-32H,7,10-20H2,1-3H3/t21?,23-,24+,25-,26-,27-,28+,29-,30-/m1/s1. The monoisotopic (exact) mass is 453 g/mol. The molecule has 0 aliphatic heterocycles. The van der Waals surface area contributed by atoms with Gasteiger partial charge in [0.1, 0.15) is 0 Å². The molecule has 1 unspecified atom stereocenters. The van der Waals surface area contributed by atoms with E-state index in [-0.39, 0.29) is 0 Å². The minimum Gasteiger partial charge on any atom is -0.387 e. The highest BCUT2D eigenvalue weighted by molar-refractivity contribution is 5.14. The topological polar surface area (TPSA) is 41.5 Å². The Labute approximate surface area is 202 Å². The molecule has 4 saturated carbocycles. The van der Waals surface area contributed by atoms with Crippen LogP contribution in [0.2, 0.25) is 0 Å². The van der Waals surface area contributed by atoms with Crippen molar-refractivity contribution in [3.63, 3.8) is 0 Å². The molecule has 0 aromatic heterocycles. The second-order valence-corrected chi connectivity index (χ2v) is 12.6. The molecular formula is C30H47NO2. The number of benzene rings is 1. The van der Waals surface area contributed by atoms with Crippen LogP contribution in [0, 0.1) is 40.9 Å². The quantitative estimate of drug-likeness (QED) is 0.539. The van der Waals surface area contributed by atoms with Crippen LogP contribution in [-0.4, -0.2) is 30.5 Å². The van der Waals surface area contributed by atoms with Crippen LogP contribution in [0.15, 0.2) is 30.3 Å². The van der Waals surface area contributed by atoms with E-state index in [1.807, 2.05) is 0 Å². The summed E-state index contributed by atoms with van der Waals surface area (Å²) in [5, 5.41) is 15.0. The SMILES string of the molecule is COC[C@@]1(O)CC[C@H]2[C@H](CC[C@@H]3[C@@H]2CC[C@]2(C)[C@@H](C(C)NCc4ccccc4)CCC[C@@H]32)C1. The first-order valence-electron chi connectivity index (χ1n) is 13.9. The zero-order valence-electron chi connectivity index (χ0n) is 21.3. The van der Waals surface area contributed by atoms with E-state index >= 15 is 0 Å². The van der Waals surface area contributed by atoms with Gasteiger partial charge in [0.05, 0.1) is 12.2 Å². The first kappa shape index (κ1) is 23.8. The average Bonchev–Trinajstić information content (AvgIpc) is 2.82. The van der Waals surface area contributed by atoms with Crippen LogP contribution in [0.25, 0.3) is 0 Å². The van der Waals surface area contributed by atoms with Gasteiger partial charge in [-0.05, 0) is 111 Å². The molecular weight excluding hydrogens is 406 g/mol. The molecule has 1 aromatic rings. The molecule has 0 radical (unpaired) electrons. The molecule has 0 spiro atoms. The third kappa shape index (κ3) is 4.55. The average molecular weight is 454 g/mol. The van der Waals surface area contributed by atoms with Gasteiger partial charge in [0, 0.05) is 19.7 Å². The molecule has 2 N–H and O–H groups in total. The van der Waals surface area contributed by atoms with Crippen LogP contribution in [0.1, 0.15) is 83.6 Å². The molecule has 0 heterocycles. The van der Waals surface area contributed by atoms with Gasteiger partial charge in [-0.15, -0.1) is 0 Å². The lowest BCUT2D eigenvalue weighted by atomic mass is 9.44. The van der Waals surface area contributed by atoms with Crippen LogP contribution in [0.5, 0.6) is 0 Å². The van der Waals surface area contributed by atoms with Crippen molar-refractivity contribution >= 4 is 0 Å². The van der Waals surface area contributed by atoms with E-state index < -0.39 is 5.60 Å². The zero-order chi connectivity index (χ0) is 23.1. The molecule has 0 saturated heterocycles. The van der Waals surface area contributed by atoms with Crippen molar-refractivity contribution in [2.45, 2.75) is 96.2 Å². The molecule has 4 aliphatic carbocycles. The maximum absolute atomic E-state index is 11.0. The van der Waals surface area contributed by atoms with Gasteiger partial charge in [-0.25, -0.2) is 0 Å². The van der Waals surface area contributed by atoms with E-state index in [1.54, 1.807) is 7.11 Å². The number of hydrogen-bond acceptors (Lipinski definition) is 3.